The van der Waals surface area contributed by atoms with Crippen molar-refractivity contribution in [3.63, 3.8) is 0 Å². The molecule has 0 bridgehead atoms. The predicted octanol–water partition coefficient (Wildman–Crippen LogP) is 0.324. The molecular weight excluding hydrogens is 254 g/mol. The molecule has 1 aromatic heterocycles. The van der Waals surface area contributed by atoms with Gasteiger partial charge in [-0.25, -0.2) is 0 Å². The summed E-state index contributed by atoms with van der Waals surface area (Å²) in [5.41, 5.74) is 0.777. The standard InChI is InChI=1S/C11H17N3O3S/c1-2-3-9-10(18-13-12-9)11(16)14-4-5-17-8(6-14)7-15/h8,15H,2-7H2,1H3. The molecule has 1 unspecified atom stereocenters. The molecule has 1 aliphatic rings. The van der Waals surface area contributed by atoms with Crippen molar-refractivity contribution in [1.29, 1.82) is 0 Å². The van der Waals surface area contributed by atoms with E-state index in [9.17, 15) is 4.79 Å². The molecule has 6 nitrogen and oxygen atoms in total. The minimum atomic E-state index is -0.279. The van der Waals surface area contributed by atoms with Crippen molar-refractivity contribution in [1.82, 2.24) is 14.5 Å². The largest absolute Gasteiger partial charge is 0.394 e. The van der Waals surface area contributed by atoms with E-state index in [1.165, 1.54) is 0 Å². The Morgan fingerprint density at radius 2 is 2.50 bits per heavy atom. The van der Waals surface area contributed by atoms with Crippen molar-refractivity contribution >= 4 is 17.4 Å². The number of aliphatic hydroxyl groups excluding tert-OH is 1. The zero-order valence-corrected chi connectivity index (χ0v) is 11.2. The topological polar surface area (TPSA) is 75.6 Å². The Bertz CT molecular complexity index is 410. The van der Waals surface area contributed by atoms with Crippen LogP contribution in [-0.2, 0) is 11.2 Å². The van der Waals surface area contributed by atoms with Gasteiger partial charge in [0.1, 0.15) is 4.88 Å². The van der Waals surface area contributed by atoms with E-state index in [0.717, 1.165) is 30.1 Å². The summed E-state index contributed by atoms with van der Waals surface area (Å²) in [6.45, 7) is 3.43. The molecule has 1 amide bonds. The van der Waals surface area contributed by atoms with E-state index in [1.807, 2.05) is 6.92 Å². The van der Waals surface area contributed by atoms with Crippen LogP contribution in [0.2, 0.25) is 0 Å². The number of nitrogens with zero attached hydrogens (tertiary/aromatic N) is 3. The normalized spacial score (nSPS) is 20.1. The number of carbonyl (C=O) groups excluding carboxylic acids is 1. The van der Waals surface area contributed by atoms with Gasteiger partial charge in [0, 0.05) is 13.1 Å². The lowest BCUT2D eigenvalue weighted by molar-refractivity contribution is -0.0446. The molecule has 2 heterocycles. The van der Waals surface area contributed by atoms with Gasteiger partial charge in [-0.3, -0.25) is 4.79 Å². The Labute approximate surface area is 110 Å². The second-order valence-electron chi connectivity index (χ2n) is 4.23. The summed E-state index contributed by atoms with van der Waals surface area (Å²) in [5, 5.41) is 13.1. The maximum absolute atomic E-state index is 12.3. The van der Waals surface area contributed by atoms with E-state index in [-0.39, 0.29) is 18.6 Å². The van der Waals surface area contributed by atoms with Crippen LogP contribution in [0.15, 0.2) is 0 Å². The van der Waals surface area contributed by atoms with Gasteiger partial charge < -0.3 is 14.7 Å². The van der Waals surface area contributed by atoms with Gasteiger partial charge >= 0.3 is 0 Å². The molecule has 18 heavy (non-hydrogen) atoms. The van der Waals surface area contributed by atoms with Gasteiger partial charge in [-0.15, -0.1) is 5.10 Å². The van der Waals surface area contributed by atoms with E-state index in [1.54, 1.807) is 4.90 Å². The fourth-order valence-corrected chi connectivity index (χ4v) is 2.61. The van der Waals surface area contributed by atoms with Gasteiger partial charge in [0.2, 0.25) is 0 Å². The summed E-state index contributed by atoms with van der Waals surface area (Å²) in [4.78, 5) is 14.7. The molecule has 100 valence electrons. The van der Waals surface area contributed by atoms with Gasteiger partial charge in [0.15, 0.2) is 0 Å². The molecule has 0 spiro atoms. The smallest absolute Gasteiger partial charge is 0.267 e. The van der Waals surface area contributed by atoms with Crippen LogP contribution in [0.5, 0.6) is 0 Å². The fourth-order valence-electron chi connectivity index (χ4n) is 1.93. The third kappa shape index (κ3) is 2.85. The quantitative estimate of drug-likeness (QED) is 0.853. The number of carbonyl (C=O) groups is 1. The summed E-state index contributed by atoms with van der Waals surface area (Å²) in [6.07, 6.45) is 1.43. The van der Waals surface area contributed by atoms with Crippen LogP contribution in [0.4, 0.5) is 0 Å². The average molecular weight is 271 g/mol. The van der Waals surface area contributed by atoms with Crippen LogP contribution in [-0.4, -0.2) is 57.9 Å². The molecule has 2 rings (SSSR count). The first-order valence-corrected chi connectivity index (χ1v) is 6.86. The second-order valence-corrected chi connectivity index (χ2v) is 4.98. The zero-order valence-electron chi connectivity index (χ0n) is 10.3. The number of morpholine rings is 1. The highest BCUT2D eigenvalue weighted by atomic mass is 32.1. The van der Waals surface area contributed by atoms with Crippen molar-refractivity contribution in [2.24, 2.45) is 0 Å². The Balaban J connectivity index is 2.08. The van der Waals surface area contributed by atoms with Crippen molar-refractivity contribution in [2.75, 3.05) is 26.3 Å². The summed E-state index contributed by atoms with van der Waals surface area (Å²) in [5.74, 6) is -0.0461. The van der Waals surface area contributed by atoms with E-state index < -0.39 is 0 Å². The minimum Gasteiger partial charge on any atom is -0.394 e. The Hall–Kier alpha value is -1.05. The van der Waals surface area contributed by atoms with Crippen molar-refractivity contribution in [3.05, 3.63) is 10.6 Å². The number of hydrogen-bond acceptors (Lipinski definition) is 6. The number of amides is 1. The lowest BCUT2D eigenvalue weighted by atomic mass is 10.2. The van der Waals surface area contributed by atoms with Crippen molar-refractivity contribution < 1.29 is 14.6 Å². The Morgan fingerprint density at radius 3 is 3.22 bits per heavy atom. The molecule has 1 fully saturated rings. The monoisotopic (exact) mass is 271 g/mol. The number of ether oxygens (including phenoxy) is 1. The summed E-state index contributed by atoms with van der Waals surface area (Å²) in [7, 11) is 0. The van der Waals surface area contributed by atoms with E-state index in [0.29, 0.717) is 24.6 Å². The Kier molecular flexibility index (Phi) is 4.62. The van der Waals surface area contributed by atoms with Crippen molar-refractivity contribution in [3.8, 4) is 0 Å². The SMILES string of the molecule is CCCc1nnsc1C(=O)N1CCOC(CO)C1. The summed E-state index contributed by atoms with van der Waals surface area (Å²) in [6, 6.07) is 0. The molecule has 0 aliphatic carbocycles. The van der Waals surface area contributed by atoms with Crippen LogP contribution in [0.25, 0.3) is 0 Å². The molecule has 0 aromatic carbocycles. The van der Waals surface area contributed by atoms with Gasteiger partial charge in [0.05, 0.1) is 25.0 Å². The molecule has 1 saturated heterocycles. The predicted molar refractivity (Wildman–Crippen MR) is 66.6 cm³/mol. The average Bonchev–Trinajstić information content (AvgIpc) is 2.86. The molecule has 1 aliphatic heterocycles. The van der Waals surface area contributed by atoms with Crippen molar-refractivity contribution in [2.45, 2.75) is 25.9 Å². The molecule has 0 saturated carbocycles. The van der Waals surface area contributed by atoms with Crippen LogP contribution < -0.4 is 0 Å². The minimum absolute atomic E-state index is 0.0461. The Morgan fingerprint density at radius 1 is 1.67 bits per heavy atom. The third-order valence-electron chi connectivity index (χ3n) is 2.87. The molecular formula is C11H17N3O3S. The number of aryl methyl sites for hydroxylation is 1. The molecule has 0 radical (unpaired) electrons. The van der Waals surface area contributed by atoms with Crippen LogP contribution in [0.1, 0.15) is 28.7 Å². The zero-order chi connectivity index (χ0) is 13.0. The first kappa shape index (κ1) is 13.4. The number of aliphatic hydroxyl groups is 1. The summed E-state index contributed by atoms with van der Waals surface area (Å²) < 4.78 is 9.19. The number of aromatic nitrogens is 2. The highest BCUT2D eigenvalue weighted by Crippen LogP contribution is 2.17. The lowest BCUT2D eigenvalue weighted by Gasteiger charge is -2.31. The molecule has 7 heteroatoms. The maximum Gasteiger partial charge on any atom is 0.267 e. The van der Waals surface area contributed by atoms with Gasteiger partial charge in [-0.05, 0) is 18.0 Å². The maximum atomic E-state index is 12.3. The molecule has 1 aromatic rings. The van der Waals surface area contributed by atoms with E-state index >= 15 is 0 Å². The van der Waals surface area contributed by atoms with Crippen LogP contribution in [0.3, 0.4) is 0 Å². The van der Waals surface area contributed by atoms with Crippen LogP contribution in [0, 0.1) is 0 Å². The second kappa shape index (κ2) is 6.21. The first-order valence-electron chi connectivity index (χ1n) is 6.09. The first-order chi connectivity index (χ1) is 8.76. The highest BCUT2D eigenvalue weighted by molar-refractivity contribution is 7.08. The van der Waals surface area contributed by atoms with E-state index in [2.05, 4.69) is 9.59 Å². The van der Waals surface area contributed by atoms with Gasteiger partial charge in [-0.1, -0.05) is 17.8 Å². The third-order valence-corrected chi connectivity index (χ3v) is 3.62. The number of hydrogen-bond donors (Lipinski definition) is 1. The number of rotatable bonds is 4. The van der Waals surface area contributed by atoms with Gasteiger partial charge in [0.25, 0.3) is 5.91 Å². The van der Waals surface area contributed by atoms with Crippen LogP contribution >= 0.6 is 11.5 Å². The highest BCUT2D eigenvalue weighted by Gasteiger charge is 2.27. The van der Waals surface area contributed by atoms with Gasteiger partial charge in [-0.2, -0.15) is 0 Å². The summed E-state index contributed by atoms with van der Waals surface area (Å²) >= 11 is 1.14. The molecule has 1 N–H and O–H groups in total. The van der Waals surface area contributed by atoms with E-state index in [4.69, 9.17) is 9.84 Å². The fraction of sp³-hybridized carbons (Fsp3) is 0.727. The lowest BCUT2D eigenvalue weighted by Crippen LogP contribution is -2.46. The molecule has 1 atom stereocenters.